The molecular formula is C23H18N2O4. The van der Waals surface area contributed by atoms with Gasteiger partial charge in [0.15, 0.2) is 0 Å². The summed E-state index contributed by atoms with van der Waals surface area (Å²) in [6, 6.07) is 17.0. The van der Waals surface area contributed by atoms with E-state index in [4.69, 9.17) is 13.7 Å². The molecule has 0 saturated heterocycles. The molecule has 4 aromatic rings. The monoisotopic (exact) mass is 386 g/mol. The van der Waals surface area contributed by atoms with Crippen LogP contribution >= 0.6 is 0 Å². The lowest BCUT2D eigenvalue weighted by Crippen LogP contribution is -2.16. The first kappa shape index (κ1) is 18.4. The quantitative estimate of drug-likeness (QED) is 0.475. The van der Waals surface area contributed by atoms with Gasteiger partial charge < -0.3 is 13.7 Å². The summed E-state index contributed by atoms with van der Waals surface area (Å²) >= 11 is 0. The zero-order valence-corrected chi connectivity index (χ0v) is 15.9. The van der Waals surface area contributed by atoms with Crippen molar-refractivity contribution >= 4 is 22.7 Å². The van der Waals surface area contributed by atoms with E-state index in [1.165, 1.54) is 0 Å². The average molecular weight is 386 g/mol. The van der Waals surface area contributed by atoms with Crippen LogP contribution in [0.5, 0.6) is 0 Å². The molecule has 0 fully saturated rings. The smallest absolute Gasteiger partial charge is 0.412 e. The van der Waals surface area contributed by atoms with Gasteiger partial charge in [-0.3, -0.25) is 5.32 Å². The highest BCUT2D eigenvalue weighted by Gasteiger charge is 2.17. The number of hydrogen-bond acceptors (Lipinski definition) is 5. The molecule has 0 spiro atoms. The Morgan fingerprint density at radius 3 is 2.79 bits per heavy atom. The molecule has 29 heavy (non-hydrogen) atoms. The lowest BCUT2D eigenvalue weighted by Gasteiger charge is -2.13. The fourth-order valence-electron chi connectivity index (χ4n) is 2.85. The Hall–Kier alpha value is -3.98. The predicted molar refractivity (Wildman–Crippen MR) is 108 cm³/mol. The van der Waals surface area contributed by atoms with Gasteiger partial charge in [-0.2, -0.15) is 0 Å². The molecule has 1 unspecified atom stereocenters. The Bertz CT molecular complexity index is 1210. The van der Waals surface area contributed by atoms with Crippen molar-refractivity contribution in [2.24, 2.45) is 0 Å². The van der Waals surface area contributed by atoms with Crippen molar-refractivity contribution < 1.29 is 18.5 Å². The van der Waals surface area contributed by atoms with Crippen LogP contribution in [0.1, 0.15) is 35.6 Å². The minimum atomic E-state index is -0.604. The van der Waals surface area contributed by atoms with E-state index >= 15 is 0 Å². The van der Waals surface area contributed by atoms with Gasteiger partial charge in [0.2, 0.25) is 5.76 Å². The summed E-state index contributed by atoms with van der Waals surface area (Å²) in [5, 5.41) is 7.58. The number of nitrogens with one attached hydrogen (secondary N) is 1. The maximum Gasteiger partial charge on any atom is 0.412 e. The number of carbonyl (C=O) groups is 1. The first-order valence-corrected chi connectivity index (χ1v) is 9.08. The molecule has 0 aliphatic rings. The van der Waals surface area contributed by atoms with Crippen molar-refractivity contribution in [3.8, 4) is 11.8 Å². The maximum absolute atomic E-state index is 12.3. The Labute approximate surface area is 167 Å². The summed E-state index contributed by atoms with van der Waals surface area (Å²) < 4.78 is 16.1. The van der Waals surface area contributed by atoms with E-state index in [-0.39, 0.29) is 5.76 Å². The Morgan fingerprint density at radius 2 is 1.97 bits per heavy atom. The van der Waals surface area contributed by atoms with E-state index < -0.39 is 12.2 Å². The molecule has 0 aliphatic heterocycles. The van der Waals surface area contributed by atoms with Crippen molar-refractivity contribution in [2.75, 3.05) is 5.32 Å². The number of anilines is 1. The molecule has 1 N–H and O–H groups in total. The highest BCUT2D eigenvalue weighted by Crippen LogP contribution is 2.22. The van der Waals surface area contributed by atoms with Crippen LogP contribution < -0.4 is 5.32 Å². The lowest BCUT2D eigenvalue weighted by molar-refractivity contribution is 0.121. The molecule has 0 saturated carbocycles. The van der Waals surface area contributed by atoms with Crippen LogP contribution in [-0.4, -0.2) is 11.2 Å². The zero-order chi connectivity index (χ0) is 20.2. The summed E-state index contributed by atoms with van der Waals surface area (Å²) in [7, 11) is 0. The van der Waals surface area contributed by atoms with Gasteiger partial charge in [-0.05, 0) is 49.6 Å². The second-order valence-electron chi connectivity index (χ2n) is 6.48. The number of furan rings is 1. The predicted octanol–water partition coefficient (Wildman–Crippen LogP) is 5.44. The molecule has 2 aromatic carbocycles. The Kier molecular flexibility index (Phi) is 5.04. The molecular weight excluding hydrogens is 368 g/mol. The second kappa shape index (κ2) is 7.95. The van der Waals surface area contributed by atoms with Gasteiger partial charge in [0.05, 0.1) is 6.26 Å². The first-order chi connectivity index (χ1) is 14.1. The summed E-state index contributed by atoms with van der Waals surface area (Å²) in [5.41, 5.74) is 3.31. The molecule has 2 heterocycles. The zero-order valence-electron chi connectivity index (χ0n) is 15.9. The van der Waals surface area contributed by atoms with Crippen molar-refractivity contribution in [3.63, 3.8) is 0 Å². The number of hydrogen-bond donors (Lipinski definition) is 1. The third-order valence-corrected chi connectivity index (χ3v) is 4.42. The normalized spacial score (nSPS) is 11.5. The number of aryl methyl sites for hydroxylation is 1. The van der Waals surface area contributed by atoms with Crippen molar-refractivity contribution in [1.29, 1.82) is 0 Å². The number of nitrogens with zero attached hydrogens (tertiary/aromatic N) is 1. The number of benzene rings is 2. The highest BCUT2D eigenvalue weighted by molar-refractivity contribution is 5.87. The highest BCUT2D eigenvalue weighted by atomic mass is 16.6. The average Bonchev–Trinajstić information content (AvgIpc) is 3.33. The minimum Gasteiger partial charge on any atom is -0.464 e. The van der Waals surface area contributed by atoms with Crippen LogP contribution in [-0.2, 0) is 4.74 Å². The van der Waals surface area contributed by atoms with Crippen LogP contribution in [0.25, 0.3) is 11.0 Å². The van der Waals surface area contributed by atoms with Crippen molar-refractivity contribution in [2.45, 2.75) is 20.0 Å². The third-order valence-electron chi connectivity index (χ3n) is 4.42. The third kappa shape index (κ3) is 4.14. The van der Waals surface area contributed by atoms with E-state index in [0.29, 0.717) is 11.4 Å². The standard InChI is InChI=1S/C23H18N2O4/c1-15-22(24-23(26)28-16(2)18-6-4-3-5-7-18)20(29-25-15)11-9-17-8-10-19-12-13-27-21(19)14-17/h3-8,10,12-14,16H,1-2H3,(H,24,26). The molecule has 6 nitrogen and oxygen atoms in total. The summed E-state index contributed by atoms with van der Waals surface area (Å²) in [6.45, 7) is 3.53. The second-order valence-corrected chi connectivity index (χ2v) is 6.48. The Morgan fingerprint density at radius 1 is 1.14 bits per heavy atom. The summed E-state index contributed by atoms with van der Waals surface area (Å²) in [4.78, 5) is 12.3. The number of fused-ring (bicyclic) bond motifs is 1. The van der Waals surface area contributed by atoms with Crippen LogP contribution in [0, 0.1) is 18.8 Å². The van der Waals surface area contributed by atoms with Gasteiger partial charge in [-0.15, -0.1) is 0 Å². The van der Waals surface area contributed by atoms with Gasteiger partial charge in [-0.1, -0.05) is 41.4 Å². The molecule has 1 amide bonds. The fourth-order valence-corrected chi connectivity index (χ4v) is 2.85. The Balaban J connectivity index is 1.49. The summed E-state index contributed by atoms with van der Waals surface area (Å²) in [6.07, 6.45) is 0.629. The van der Waals surface area contributed by atoms with Crippen LogP contribution in [0.3, 0.4) is 0 Å². The first-order valence-electron chi connectivity index (χ1n) is 9.08. The maximum atomic E-state index is 12.3. The number of rotatable bonds is 3. The largest absolute Gasteiger partial charge is 0.464 e. The van der Waals surface area contributed by atoms with E-state index in [1.807, 2.05) is 54.6 Å². The lowest BCUT2D eigenvalue weighted by atomic mass is 10.1. The SMILES string of the molecule is Cc1noc(C#Cc2ccc3ccoc3c2)c1NC(=O)OC(C)c1ccccc1. The van der Waals surface area contributed by atoms with E-state index in [1.54, 1.807) is 20.1 Å². The van der Waals surface area contributed by atoms with Crippen molar-refractivity contribution in [1.82, 2.24) is 5.16 Å². The van der Waals surface area contributed by atoms with Crippen LogP contribution in [0.15, 0.2) is 69.8 Å². The summed E-state index contributed by atoms with van der Waals surface area (Å²) in [5.74, 6) is 6.16. The number of aromatic nitrogens is 1. The van der Waals surface area contributed by atoms with Gasteiger partial charge >= 0.3 is 6.09 Å². The topological polar surface area (TPSA) is 77.5 Å². The molecule has 1 atom stereocenters. The van der Waals surface area contributed by atoms with Gasteiger partial charge in [-0.25, -0.2) is 4.79 Å². The molecule has 4 rings (SSSR count). The molecule has 144 valence electrons. The van der Waals surface area contributed by atoms with E-state index in [2.05, 4.69) is 22.3 Å². The number of ether oxygens (including phenoxy) is 1. The molecule has 0 bridgehead atoms. The van der Waals surface area contributed by atoms with Gasteiger partial charge in [0, 0.05) is 10.9 Å². The van der Waals surface area contributed by atoms with E-state index in [9.17, 15) is 4.79 Å². The van der Waals surface area contributed by atoms with E-state index in [0.717, 1.165) is 22.1 Å². The minimum absolute atomic E-state index is 0.256. The number of carbonyl (C=O) groups excluding carboxylic acids is 1. The fraction of sp³-hybridized carbons (Fsp3) is 0.130. The van der Waals surface area contributed by atoms with Gasteiger partial charge in [0.25, 0.3) is 0 Å². The number of amides is 1. The molecule has 2 aromatic heterocycles. The molecule has 6 heteroatoms. The van der Waals surface area contributed by atoms with Crippen LogP contribution in [0.4, 0.5) is 10.5 Å². The molecule has 0 aliphatic carbocycles. The van der Waals surface area contributed by atoms with Crippen molar-refractivity contribution in [3.05, 3.63) is 83.4 Å². The van der Waals surface area contributed by atoms with Crippen LogP contribution in [0.2, 0.25) is 0 Å². The van der Waals surface area contributed by atoms with Gasteiger partial charge in [0.1, 0.15) is 23.1 Å². The molecule has 0 radical (unpaired) electrons.